The summed E-state index contributed by atoms with van der Waals surface area (Å²) in [6.07, 6.45) is 1.09. The molecular weight excluding hydrogens is 383 g/mol. The number of H-pyrrole nitrogens is 1. The lowest BCUT2D eigenvalue weighted by molar-refractivity contribution is 0.102. The smallest absolute Gasteiger partial charge is 0.279 e. The van der Waals surface area contributed by atoms with Gasteiger partial charge in [-0.15, -0.1) is 0 Å². The molecule has 0 saturated carbocycles. The number of hydrogen-bond donors (Lipinski definition) is 3. The summed E-state index contributed by atoms with van der Waals surface area (Å²) in [7, 11) is -4.09. The van der Waals surface area contributed by atoms with Crippen molar-refractivity contribution < 1.29 is 17.6 Å². The summed E-state index contributed by atoms with van der Waals surface area (Å²) < 4.78 is 40.3. The standard InChI is InChI=1S/C16H12ClFN4O3S/c17-10-1-5-13(6-2-10)22-26(24,25)16-14(9-19-21-16)15(23)20-12-7-3-11(18)4-8-12/h1-9,22H,(H,19,21)(H,20,23). The van der Waals surface area contributed by atoms with Gasteiger partial charge < -0.3 is 5.32 Å². The van der Waals surface area contributed by atoms with Crippen LogP contribution in [0.3, 0.4) is 0 Å². The van der Waals surface area contributed by atoms with Crippen molar-refractivity contribution in [1.82, 2.24) is 10.2 Å². The van der Waals surface area contributed by atoms with Crippen LogP contribution in [0.25, 0.3) is 0 Å². The number of aromatic amines is 1. The third kappa shape index (κ3) is 4.01. The van der Waals surface area contributed by atoms with Crippen LogP contribution in [-0.4, -0.2) is 24.5 Å². The van der Waals surface area contributed by atoms with Crippen LogP contribution < -0.4 is 10.0 Å². The van der Waals surface area contributed by atoms with Crippen LogP contribution in [0.1, 0.15) is 10.4 Å². The van der Waals surface area contributed by atoms with Crippen molar-refractivity contribution in [2.24, 2.45) is 0 Å². The first kappa shape index (κ1) is 17.9. The quantitative estimate of drug-likeness (QED) is 0.617. The van der Waals surface area contributed by atoms with E-state index in [1.54, 1.807) is 0 Å². The zero-order valence-corrected chi connectivity index (χ0v) is 14.6. The van der Waals surface area contributed by atoms with Crippen LogP contribution in [0.5, 0.6) is 0 Å². The molecule has 7 nitrogen and oxygen atoms in total. The average molecular weight is 395 g/mol. The number of sulfonamides is 1. The second kappa shape index (κ2) is 7.14. The molecule has 134 valence electrons. The first-order chi connectivity index (χ1) is 12.3. The van der Waals surface area contributed by atoms with Crippen LogP contribution in [0.15, 0.2) is 59.8 Å². The number of nitrogens with zero attached hydrogens (tertiary/aromatic N) is 1. The predicted octanol–water partition coefficient (Wildman–Crippen LogP) is 3.26. The monoisotopic (exact) mass is 394 g/mol. The summed E-state index contributed by atoms with van der Waals surface area (Å²) in [6.45, 7) is 0. The zero-order chi connectivity index (χ0) is 18.7. The van der Waals surface area contributed by atoms with Crippen molar-refractivity contribution in [3.05, 3.63) is 71.1 Å². The van der Waals surface area contributed by atoms with Crippen molar-refractivity contribution in [2.75, 3.05) is 10.0 Å². The maximum Gasteiger partial charge on any atom is 0.279 e. The molecule has 0 fully saturated rings. The number of amides is 1. The Morgan fingerprint density at radius 3 is 2.31 bits per heavy atom. The van der Waals surface area contributed by atoms with Gasteiger partial charge in [-0.05, 0) is 48.5 Å². The minimum absolute atomic E-state index is 0.184. The van der Waals surface area contributed by atoms with Gasteiger partial charge in [-0.1, -0.05) is 11.6 Å². The Morgan fingerprint density at radius 2 is 1.65 bits per heavy atom. The van der Waals surface area contributed by atoms with Crippen LogP contribution in [0.4, 0.5) is 15.8 Å². The highest BCUT2D eigenvalue weighted by Gasteiger charge is 2.25. The molecule has 0 unspecified atom stereocenters. The second-order valence-corrected chi connectivity index (χ2v) is 7.24. The van der Waals surface area contributed by atoms with Crippen LogP contribution in [0.2, 0.25) is 5.02 Å². The fourth-order valence-electron chi connectivity index (χ4n) is 2.10. The zero-order valence-electron chi connectivity index (χ0n) is 13.0. The molecule has 0 aliphatic heterocycles. The minimum atomic E-state index is -4.09. The second-order valence-electron chi connectivity index (χ2n) is 5.19. The van der Waals surface area contributed by atoms with Gasteiger partial charge in [0.25, 0.3) is 15.9 Å². The molecule has 0 aliphatic rings. The molecule has 0 spiro atoms. The Morgan fingerprint density at radius 1 is 1.04 bits per heavy atom. The van der Waals surface area contributed by atoms with E-state index in [2.05, 4.69) is 20.2 Å². The van der Waals surface area contributed by atoms with Gasteiger partial charge in [0.05, 0.1) is 11.8 Å². The highest BCUT2D eigenvalue weighted by molar-refractivity contribution is 7.92. The fourth-order valence-corrected chi connectivity index (χ4v) is 3.38. The Labute approximate surface area is 153 Å². The topological polar surface area (TPSA) is 104 Å². The molecule has 26 heavy (non-hydrogen) atoms. The largest absolute Gasteiger partial charge is 0.322 e. The third-order valence-electron chi connectivity index (χ3n) is 3.32. The summed E-state index contributed by atoms with van der Waals surface area (Å²) in [5.41, 5.74) is 0.399. The highest BCUT2D eigenvalue weighted by Crippen LogP contribution is 2.20. The van der Waals surface area contributed by atoms with E-state index in [1.165, 1.54) is 48.5 Å². The van der Waals surface area contributed by atoms with Gasteiger partial charge in [0, 0.05) is 16.4 Å². The van der Waals surface area contributed by atoms with Crippen molar-refractivity contribution in [3.63, 3.8) is 0 Å². The number of rotatable bonds is 5. The Bertz CT molecular complexity index is 1030. The minimum Gasteiger partial charge on any atom is -0.322 e. The van der Waals surface area contributed by atoms with E-state index >= 15 is 0 Å². The lowest BCUT2D eigenvalue weighted by atomic mass is 10.3. The highest BCUT2D eigenvalue weighted by atomic mass is 35.5. The van der Waals surface area contributed by atoms with Crippen molar-refractivity contribution in [3.8, 4) is 0 Å². The molecular formula is C16H12ClFN4O3S. The summed E-state index contributed by atoms with van der Waals surface area (Å²) in [5, 5.41) is 8.48. The first-order valence-corrected chi connectivity index (χ1v) is 9.10. The Hall–Kier alpha value is -2.91. The van der Waals surface area contributed by atoms with Crippen LogP contribution in [-0.2, 0) is 10.0 Å². The molecule has 2 aromatic carbocycles. The number of halogens is 2. The molecule has 1 amide bonds. The molecule has 0 aliphatic carbocycles. The number of carbonyl (C=O) groups excluding carboxylic acids is 1. The predicted molar refractivity (Wildman–Crippen MR) is 95.2 cm³/mol. The molecule has 3 aromatic rings. The molecule has 1 aromatic heterocycles. The summed E-state index contributed by atoms with van der Waals surface area (Å²) >= 11 is 5.77. The maximum absolute atomic E-state index is 12.9. The van der Waals surface area contributed by atoms with E-state index in [9.17, 15) is 17.6 Å². The molecule has 0 radical (unpaired) electrons. The van der Waals surface area contributed by atoms with E-state index in [4.69, 9.17) is 11.6 Å². The number of aromatic nitrogens is 2. The number of benzene rings is 2. The lowest BCUT2D eigenvalue weighted by Gasteiger charge is -2.09. The van der Waals surface area contributed by atoms with Gasteiger partial charge in [0.2, 0.25) is 0 Å². The molecule has 10 heteroatoms. The van der Waals surface area contributed by atoms with Gasteiger partial charge in [0.15, 0.2) is 5.03 Å². The summed E-state index contributed by atoms with van der Waals surface area (Å²) in [4.78, 5) is 12.4. The molecule has 3 rings (SSSR count). The molecule has 0 bridgehead atoms. The first-order valence-electron chi connectivity index (χ1n) is 7.24. The molecule has 1 heterocycles. The van der Waals surface area contributed by atoms with E-state index in [0.717, 1.165) is 6.20 Å². The van der Waals surface area contributed by atoms with Crippen LogP contribution >= 0.6 is 11.6 Å². The number of nitrogens with one attached hydrogen (secondary N) is 3. The number of anilines is 2. The van der Waals surface area contributed by atoms with Crippen LogP contribution in [0, 0.1) is 5.82 Å². The van der Waals surface area contributed by atoms with Gasteiger partial charge >= 0.3 is 0 Å². The summed E-state index contributed by atoms with van der Waals surface area (Å²) in [6, 6.07) is 11.1. The van der Waals surface area contributed by atoms with Gasteiger partial charge in [-0.2, -0.15) is 13.5 Å². The number of carbonyl (C=O) groups is 1. The summed E-state index contributed by atoms with van der Waals surface area (Å²) in [5.74, 6) is -1.16. The molecule has 0 saturated heterocycles. The fraction of sp³-hybridized carbons (Fsp3) is 0. The van der Waals surface area contributed by atoms with Gasteiger partial charge in [-0.3, -0.25) is 14.6 Å². The SMILES string of the molecule is O=C(Nc1ccc(F)cc1)c1cn[nH]c1S(=O)(=O)Nc1ccc(Cl)cc1. The third-order valence-corrected chi connectivity index (χ3v) is 4.92. The Kier molecular flexibility index (Phi) is 4.92. The average Bonchev–Trinajstić information content (AvgIpc) is 3.10. The van der Waals surface area contributed by atoms with Gasteiger partial charge in [-0.25, -0.2) is 4.39 Å². The van der Waals surface area contributed by atoms with E-state index < -0.39 is 26.8 Å². The van der Waals surface area contributed by atoms with E-state index in [0.29, 0.717) is 10.7 Å². The van der Waals surface area contributed by atoms with Crippen molar-refractivity contribution >= 4 is 38.9 Å². The normalized spacial score (nSPS) is 11.2. The van der Waals surface area contributed by atoms with Gasteiger partial charge in [0.1, 0.15) is 5.82 Å². The van der Waals surface area contributed by atoms with Crippen molar-refractivity contribution in [1.29, 1.82) is 0 Å². The van der Waals surface area contributed by atoms with E-state index in [-0.39, 0.29) is 11.3 Å². The van der Waals surface area contributed by atoms with Crippen molar-refractivity contribution in [2.45, 2.75) is 5.03 Å². The molecule has 0 atom stereocenters. The number of hydrogen-bond acceptors (Lipinski definition) is 4. The molecule has 3 N–H and O–H groups in total. The van der Waals surface area contributed by atoms with E-state index in [1.807, 2.05) is 0 Å². The maximum atomic E-state index is 12.9. The lowest BCUT2D eigenvalue weighted by Crippen LogP contribution is -2.19. The Balaban J connectivity index is 1.83.